The molecule has 0 radical (unpaired) electrons. The third-order valence-corrected chi connectivity index (χ3v) is 4.33. The molecular formula is C16H12N2O2S. The van der Waals surface area contributed by atoms with E-state index in [0.29, 0.717) is 16.8 Å². The molecule has 0 saturated carbocycles. The maximum atomic E-state index is 12.5. The number of fused-ring (bicyclic) bond motifs is 1. The van der Waals surface area contributed by atoms with Crippen LogP contribution in [0.2, 0.25) is 0 Å². The molecule has 4 N–H and O–H groups in total. The van der Waals surface area contributed by atoms with Gasteiger partial charge in [-0.15, -0.1) is 0 Å². The summed E-state index contributed by atoms with van der Waals surface area (Å²) < 4.78 is 0. The van der Waals surface area contributed by atoms with Gasteiger partial charge in [0.05, 0.1) is 10.6 Å². The van der Waals surface area contributed by atoms with Gasteiger partial charge in [0.2, 0.25) is 11.6 Å². The van der Waals surface area contributed by atoms with Crippen LogP contribution in [0.25, 0.3) is 0 Å². The summed E-state index contributed by atoms with van der Waals surface area (Å²) in [7, 11) is 0. The maximum Gasteiger partial charge on any atom is 0.210 e. The van der Waals surface area contributed by atoms with Gasteiger partial charge in [-0.1, -0.05) is 36.0 Å². The molecular weight excluding hydrogens is 284 g/mol. The Morgan fingerprint density at radius 2 is 1.33 bits per heavy atom. The summed E-state index contributed by atoms with van der Waals surface area (Å²) in [6.07, 6.45) is 0. The first-order chi connectivity index (χ1) is 10.1. The molecule has 2 aromatic carbocycles. The number of hydrogen-bond donors (Lipinski definition) is 2. The minimum Gasteiger partial charge on any atom is -0.399 e. The van der Waals surface area contributed by atoms with E-state index in [9.17, 15) is 9.59 Å². The van der Waals surface area contributed by atoms with Crippen molar-refractivity contribution in [2.75, 3.05) is 5.73 Å². The predicted molar refractivity (Wildman–Crippen MR) is 83.0 cm³/mol. The molecule has 0 heterocycles. The number of benzene rings is 2. The molecule has 5 heteroatoms. The lowest BCUT2D eigenvalue weighted by molar-refractivity contribution is 0.0980. The number of nitrogens with two attached hydrogens (primary N) is 2. The molecule has 3 rings (SSSR count). The van der Waals surface area contributed by atoms with Crippen LogP contribution in [0.15, 0.2) is 64.0 Å². The minimum atomic E-state index is -0.303. The van der Waals surface area contributed by atoms with Crippen molar-refractivity contribution in [3.05, 3.63) is 70.3 Å². The zero-order valence-electron chi connectivity index (χ0n) is 11.0. The fourth-order valence-electron chi connectivity index (χ4n) is 2.13. The third-order valence-electron chi connectivity index (χ3n) is 3.21. The standard InChI is InChI=1S/C16H12N2O2S/c17-9-5-7-10(8-6-9)21-16-13(18)14(19)11-3-1-2-4-12(11)15(16)20/h1-8H,17-18H2. The van der Waals surface area contributed by atoms with Crippen molar-refractivity contribution in [3.8, 4) is 0 Å². The Morgan fingerprint density at radius 3 is 1.95 bits per heavy atom. The molecule has 0 aromatic heterocycles. The van der Waals surface area contributed by atoms with E-state index >= 15 is 0 Å². The number of anilines is 1. The fourth-order valence-corrected chi connectivity index (χ4v) is 3.04. The van der Waals surface area contributed by atoms with Crippen LogP contribution in [0.5, 0.6) is 0 Å². The van der Waals surface area contributed by atoms with E-state index in [0.717, 1.165) is 4.90 Å². The van der Waals surface area contributed by atoms with Crippen molar-refractivity contribution in [2.24, 2.45) is 5.73 Å². The highest BCUT2D eigenvalue weighted by molar-refractivity contribution is 8.04. The van der Waals surface area contributed by atoms with Gasteiger partial charge in [-0.05, 0) is 24.3 Å². The van der Waals surface area contributed by atoms with Crippen LogP contribution in [0.3, 0.4) is 0 Å². The van der Waals surface area contributed by atoms with E-state index in [4.69, 9.17) is 11.5 Å². The molecule has 2 aromatic rings. The van der Waals surface area contributed by atoms with Crippen molar-refractivity contribution in [3.63, 3.8) is 0 Å². The summed E-state index contributed by atoms with van der Waals surface area (Å²) in [6.45, 7) is 0. The second kappa shape index (κ2) is 5.10. The number of allylic oxidation sites excluding steroid dienone is 2. The molecule has 4 nitrogen and oxygen atoms in total. The highest BCUT2D eigenvalue weighted by Crippen LogP contribution is 2.35. The number of nitrogen functional groups attached to an aromatic ring is 1. The summed E-state index contributed by atoms with van der Waals surface area (Å²) in [6, 6.07) is 13.8. The Hall–Kier alpha value is -2.53. The molecule has 21 heavy (non-hydrogen) atoms. The minimum absolute atomic E-state index is 0.000486. The van der Waals surface area contributed by atoms with E-state index in [1.165, 1.54) is 11.8 Å². The lowest BCUT2D eigenvalue weighted by Crippen LogP contribution is -2.25. The van der Waals surface area contributed by atoms with Gasteiger partial charge in [0.25, 0.3) is 0 Å². The first kappa shape index (κ1) is 13.5. The highest BCUT2D eigenvalue weighted by atomic mass is 32.2. The second-order valence-electron chi connectivity index (χ2n) is 4.62. The van der Waals surface area contributed by atoms with Crippen LogP contribution >= 0.6 is 11.8 Å². The summed E-state index contributed by atoms with van der Waals surface area (Å²) in [5.41, 5.74) is 12.9. The van der Waals surface area contributed by atoms with Crippen molar-refractivity contribution in [2.45, 2.75) is 4.90 Å². The quantitative estimate of drug-likeness (QED) is 0.832. The zero-order chi connectivity index (χ0) is 15.0. The molecule has 1 aliphatic rings. The molecule has 0 fully saturated rings. The normalized spacial score (nSPS) is 14.3. The number of Topliss-reactive ketones (excluding diaryl/α,β-unsaturated/α-hetero) is 2. The van der Waals surface area contributed by atoms with Crippen LogP contribution in [0.1, 0.15) is 20.7 Å². The van der Waals surface area contributed by atoms with Gasteiger partial charge in [0.15, 0.2) is 0 Å². The largest absolute Gasteiger partial charge is 0.399 e. The first-order valence-electron chi connectivity index (χ1n) is 6.29. The smallest absolute Gasteiger partial charge is 0.210 e. The van der Waals surface area contributed by atoms with Crippen molar-refractivity contribution < 1.29 is 9.59 Å². The lowest BCUT2D eigenvalue weighted by Gasteiger charge is -2.18. The van der Waals surface area contributed by atoms with Crippen molar-refractivity contribution in [1.82, 2.24) is 0 Å². The van der Waals surface area contributed by atoms with Gasteiger partial charge in [-0.3, -0.25) is 9.59 Å². The van der Waals surface area contributed by atoms with E-state index in [1.807, 2.05) is 0 Å². The highest BCUT2D eigenvalue weighted by Gasteiger charge is 2.30. The number of hydrogen-bond acceptors (Lipinski definition) is 5. The molecule has 0 aliphatic heterocycles. The number of rotatable bonds is 2. The molecule has 0 bridgehead atoms. The van der Waals surface area contributed by atoms with Gasteiger partial charge in [-0.25, -0.2) is 0 Å². The predicted octanol–water partition coefficient (Wildman–Crippen LogP) is 2.61. The van der Waals surface area contributed by atoms with Crippen molar-refractivity contribution in [1.29, 1.82) is 0 Å². The van der Waals surface area contributed by atoms with Crippen LogP contribution in [0, 0.1) is 0 Å². The van der Waals surface area contributed by atoms with E-state index in [-0.39, 0.29) is 22.2 Å². The first-order valence-corrected chi connectivity index (χ1v) is 7.11. The van der Waals surface area contributed by atoms with Gasteiger partial charge in [0, 0.05) is 21.7 Å². The fraction of sp³-hybridized carbons (Fsp3) is 0. The van der Waals surface area contributed by atoms with Gasteiger partial charge >= 0.3 is 0 Å². The van der Waals surface area contributed by atoms with E-state index in [1.54, 1.807) is 48.5 Å². The summed E-state index contributed by atoms with van der Waals surface area (Å²) in [4.78, 5) is 25.8. The van der Waals surface area contributed by atoms with Crippen molar-refractivity contribution >= 4 is 29.0 Å². The summed E-state index contributed by atoms with van der Waals surface area (Å²) >= 11 is 1.19. The number of thioether (sulfide) groups is 1. The van der Waals surface area contributed by atoms with Gasteiger partial charge < -0.3 is 11.5 Å². The Morgan fingerprint density at radius 1 is 0.762 bits per heavy atom. The summed E-state index contributed by atoms with van der Waals surface area (Å²) in [5.74, 6) is -0.521. The van der Waals surface area contributed by atoms with Gasteiger partial charge in [-0.2, -0.15) is 0 Å². The molecule has 0 unspecified atom stereocenters. The molecule has 104 valence electrons. The molecule has 0 saturated heterocycles. The SMILES string of the molecule is NC1=C(Sc2ccc(N)cc2)C(=O)c2ccccc2C1=O. The lowest BCUT2D eigenvalue weighted by atomic mass is 9.93. The van der Waals surface area contributed by atoms with E-state index < -0.39 is 0 Å². The van der Waals surface area contributed by atoms with Crippen LogP contribution in [0.4, 0.5) is 5.69 Å². The number of carbonyl (C=O) groups is 2. The summed E-state index contributed by atoms with van der Waals surface area (Å²) in [5, 5.41) is 0. The van der Waals surface area contributed by atoms with Gasteiger partial charge in [0.1, 0.15) is 0 Å². The molecule has 0 spiro atoms. The van der Waals surface area contributed by atoms with Crippen LogP contribution < -0.4 is 11.5 Å². The van der Waals surface area contributed by atoms with Crippen LogP contribution in [-0.4, -0.2) is 11.6 Å². The number of ketones is 2. The average Bonchev–Trinajstić information content (AvgIpc) is 2.51. The topological polar surface area (TPSA) is 86.2 Å². The Labute approximate surface area is 125 Å². The molecule has 1 aliphatic carbocycles. The molecule has 0 amide bonds. The Balaban J connectivity index is 2.02. The molecule has 0 atom stereocenters. The second-order valence-corrected chi connectivity index (χ2v) is 5.70. The number of carbonyl (C=O) groups excluding carboxylic acids is 2. The average molecular weight is 296 g/mol. The monoisotopic (exact) mass is 296 g/mol. The maximum absolute atomic E-state index is 12.5. The van der Waals surface area contributed by atoms with Crippen LogP contribution in [-0.2, 0) is 0 Å². The van der Waals surface area contributed by atoms with E-state index in [2.05, 4.69) is 0 Å². The Kier molecular flexibility index (Phi) is 3.27. The third kappa shape index (κ3) is 2.32. The Bertz CT molecular complexity index is 779. The zero-order valence-corrected chi connectivity index (χ0v) is 11.8.